The van der Waals surface area contributed by atoms with E-state index in [0.29, 0.717) is 0 Å². The van der Waals surface area contributed by atoms with Crippen molar-refractivity contribution >= 4 is 10.1 Å². The van der Waals surface area contributed by atoms with Crippen molar-refractivity contribution in [3.63, 3.8) is 0 Å². The highest BCUT2D eigenvalue weighted by molar-refractivity contribution is 7.86. The number of nitrogens with one attached hydrogen (secondary N) is 1. The average Bonchev–Trinajstić information content (AvgIpc) is 2.74. The summed E-state index contributed by atoms with van der Waals surface area (Å²) in [6, 6.07) is 10.4. The topological polar surface area (TPSA) is 72.9 Å². The van der Waals surface area contributed by atoms with Crippen LogP contribution in [-0.4, -0.2) is 35.5 Å². The third kappa shape index (κ3) is 6.02. The van der Waals surface area contributed by atoms with Gasteiger partial charge in [0.1, 0.15) is 0 Å². The van der Waals surface area contributed by atoms with E-state index in [1.54, 1.807) is 0 Å². The summed E-state index contributed by atoms with van der Waals surface area (Å²) in [6.45, 7) is 0.891. The van der Waals surface area contributed by atoms with Crippen molar-refractivity contribution < 1.29 is 26.1 Å². The van der Waals surface area contributed by atoms with Crippen molar-refractivity contribution in [3.8, 4) is 0 Å². The van der Waals surface area contributed by atoms with Crippen molar-refractivity contribution in [2.24, 2.45) is 0 Å². The molecule has 118 valence electrons. The molecule has 10 heteroatoms. The van der Waals surface area contributed by atoms with E-state index in [4.69, 9.17) is 13.0 Å². The summed E-state index contributed by atoms with van der Waals surface area (Å²) in [7, 11) is -3.87. The third-order valence-corrected chi connectivity index (χ3v) is 2.83. The van der Waals surface area contributed by atoms with Crippen molar-refractivity contribution in [1.82, 2.24) is 15.6 Å². The minimum atomic E-state index is -5.84. The van der Waals surface area contributed by atoms with Crippen LogP contribution in [0.1, 0.15) is 5.56 Å². The molecule has 0 aliphatic carbocycles. The molecule has 1 aliphatic heterocycles. The third-order valence-electron chi connectivity index (χ3n) is 2.24. The molecule has 2 N–H and O–H groups in total. The van der Waals surface area contributed by atoms with Gasteiger partial charge in [-0.15, -0.1) is 5.53 Å². The van der Waals surface area contributed by atoms with Gasteiger partial charge in [-0.3, -0.25) is 14.6 Å². The predicted octanol–water partition coefficient (Wildman–Crippen LogP) is 1.72. The molecule has 0 radical (unpaired) electrons. The fourth-order valence-corrected chi connectivity index (χ4v) is 1.32. The van der Waals surface area contributed by atoms with Crippen LogP contribution in [-0.2, 0) is 16.7 Å². The molecule has 1 aromatic carbocycles. The van der Waals surface area contributed by atoms with Crippen LogP contribution in [0.2, 0.25) is 0 Å². The molecule has 0 unspecified atom stereocenters. The van der Waals surface area contributed by atoms with E-state index in [9.17, 15) is 13.2 Å². The number of alkyl halides is 3. The Labute approximate surface area is 120 Å². The second kappa shape index (κ2) is 6.78. The number of halogens is 3. The van der Waals surface area contributed by atoms with Gasteiger partial charge in [0, 0.05) is 19.4 Å². The Hall–Kier alpha value is -1.78. The normalized spacial score (nSPS) is 14.9. The van der Waals surface area contributed by atoms with E-state index in [2.05, 4.69) is 29.8 Å². The van der Waals surface area contributed by atoms with E-state index in [1.165, 1.54) is 5.56 Å². The molecular weight excluding hydrogens is 311 g/mol. The van der Waals surface area contributed by atoms with Crippen LogP contribution in [0.3, 0.4) is 0 Å². The van der Waals surface area contributed by atoms with Gasteiger partial charge in [0.05, 0.1) is 6.54 Å². The number of hydrogen-bond donors (Lipinski definition) is 2. The summed E-state index contributed by atoms with van der Waals surface area (Å²) < 4.78 is 57.5. The van der Waals surface area contributed by atoms with E-state index < -0.39 is 15.6 Å². The molecule has 1 aromatic rings. The summed E-state index contributed by atoms with van der Waals surface area (Å²) in [5.41, 5.74) is -1.08. The molecule has 21 heavy (non-hydrogen) atoms. The van der Waals surface area contributed by atoms with Gasteiger partial charge in [-0.1, -0.05) is 30.3 Å². The Morgan fingerprint density at radius 3 is 2.10 bits per heavy atom. The van der Waals surface area contributed by atoms with E-state index in [0.717, 1.165) is 6.54 Å². The lowest BCUT2D eigenvalue weighted by atomic mass is 10.2. The maximum absolute atomic E-state index is 10.7. The predicted molar refractivity (Wildman–Crippen MR) is 69.6 cm³/mol. The van der Waals surface area contributed by atoms with Gasteiger partial charge in [0.2, 0.25) is 0 Å². The van der Waals surface area contributed by atoms with Crippen LogP contribution < -0.4 is 5.53 Å². The number of rotatable bonds is 2. The maximum atomic E-state index is 10.7. The van der Waals surface area contributed by atoms with E-state index in [1.807, 2.05) is 35.5 Å². The van der Waals surface area contributed by atoms with Crippen LogP contribution in [0, 0.1) is 0 Å². The highest BCUT2D eigenvalue weighted by Gasteiger charge is 2.44. The molecule has 6 nitrogen and oxygen atoms in total. The van der Waals surface area contributed by atoms with Gasteiger partial charge in [0.25, 0.3) is 0 Å². The van der Waals surface area contributed by atoms with Crippen LogP contribution in [0.5, 0.6) is 0 Å². The monoisotopic (exact) mass is 325 g/mol. The van der Waals surface area contributed by atoms with Crippen LogP contribution in [0.4, 0.5) is 13.2 Å². The molecule has 0 bridgehead atoms. The molecule has 0 amide bonds. The molecule has 1 heterocycles. The number of hydrazine groups is 2. The molecule has 1 aliphatic rings. The van der Waals surface area contributed by atoms with Crippen molar-refractivity contribution in [3.05, 3.63) is 48.3 Å². The van der Waals surface area contributed by atoms with E-state index in [-0.39, 0.29) is 0 Å². The Bertz CT molecular complexity index is 575. The van der Waals surface area contributed by atoms with Crippen LogP contribution in [0.25, 0.3) is 0 Å². The van der Waals surface area contributed by atoms with Gasteiger partial charge < -0.3 is 0 Å². The fourth-order valence-electron chi connectivity index (χ4n) is 1.32. The first-order valence-corrected chi connectivity index (χ1v) is 7.05. The van der Waals surface area contributed by atoms with Crippen molar-refractivity contribution in [1.29, 1.82) is 0 Å². The van der Waals surface area contributed by atoms with Crippen molar-refractivity contribution in [2.45, 2.75) is 12.1 Å². The second-order valence-electron chi connectivity index (χ2n) is 4.04. The Morgan fingerprint density at radius 2 is 1.71 bits per heavy atom. The van der Waals surface area contributed by atoms with Gasteiger partial charge >= 0.3 is 15.6 Å². The minimum absolute atomic E-state index is 0.891. The first kappa shape index (κ1) is 17.3. The smallest absolute Gasteiger partial charge is 0.300 e. The summed E-state index contributed by atoms with van der Waals surface area (Å²) in [5, 5.41) is 3.96. The Morgan fingerprint density at radius 1 is 1.19 bits per heavy atom. The summed E-state index contributed by atoms with van der Waals surface area (Å²) in [4.78, 5) is 0. The fraction of sp³-hybridized carbons (Fsp3) is 0.273. The maximum Gasteiger partial charge on any atom is 0.522 e. The summed E-state index contributed by atoms with van der Waals surface area (Å²) in [6.07, 6.45) is 4.01. The number of nitrogens with zero attached hydrogens (tertiary/aromatic N) is 2. The highest BCUT2D eigenvalue weighted by Crippen LogP contribution is 2.20. The Kier molecular flexibility index (Phi) is 5.58. The van der Waals surface area contributed by atoms with Gasteiger partial charge in [0.15, 0.2) is 0 Å². The Balaban J connectivity index is 0.000000240. The lowest BCUT2D eigenvalue weighted by Gasteiger charge is -2.19. The lowest BCUT2D eigenvalue weighted by Crippen LogP contribution is -2.36. The molecule has 2 rings (SSSR count). The first-order chi connectivity index (χ1) is 9.59. The quantitative estimate of drug-likeness (QED) is 0.637. The van der Waals surface area contributed by atoms with Crippen LogP contribution >= 0.6 is 0 Å². The molecule has 0 aromatic heterocycles. The van der Waals surface area contributed by atoms with Gasteiger partial charge in [-0.25, -0.2) is 0 Å². The highest BCUT2D eigenvalue weighted by atomic mass is 32.2. The van der Waals surface area contributed by atoms with Crippen molar-refractivity contribution in [2.75, 3.05) is 7.05 Å². The largest absolute Gasteiger partial charge is 0.522 e. The summed E-state index contributed by atoms with van der Waals surface area (Å²) >= 11 is 0. The molecule has 0 atom stereocenters. The van der Waals surface area contributed by atoms with Crippen LogP contribution in [0.15, 0.2) is 42.7 Å². The SMILES string of the molecule is CN1C=CN(Cc2ccccc2)N1.O=S(=O)(O)C(F)(F)F. The standard InChI is InChI=1S/C10H13N3.CHF3O3S/c1-12-7-8-13(11-12)9-10-5-3-2-4-6-10;2-1(3,4)8(5,6)7/h2-8,11H,9H2,1H3;(H,5,6,7). The van der Waals surface area contributed by atoms with Gasteiger partial charge in [-0.05, 0) is 5.56 Å². The molecular formula is C11H14F3N3O3S. The zero-order valence-corrected chi connectivity index (χ0v) is 11.8. The second-order valence-corrected chi connectivity index (χ2v) is 5.46. The minimum Gasteiger partial charge on any atom is -0.300 e. The molecule has 0 spiro atoms. The zero-order valence-electron chi connectivity index (χ0n) is 10.9. The first-order valence-electron chi connectivity index (χ1n) is 5.61. The zero-order chi connectivity index (χ0) is 16.1. The average molecular weight is 325 g/mol. The molecule has 0 fully saturated rings. The number of benzene rings is 1. The molecule has 0 saturated carbocycles. The lowest BCUT2D eigenvalue weighted by molar-refractivity contribution is -0.0510. The number of hydrogen-bond acceptors (Lipinski definition) is 5. The molecule has 0 saturated heterocycles. The van der Waals surface area contributed by atoms with E-state index >= 15 is 0 Å². The summed E-state index contributed by atoms with van der Waals surface area (Å²) in [5.74, 6) is 0. The van der Waals surface area contributed by atoms with Gasteiger partial charge in [-0.2, -0.15) is 21.6 Å².